The van der Waals surface area contributed by atoms with Crippen molar-refractivity contribution in [2.24, 2.45) is 0 Å². The summed E-state index contributed by atoms with van der Waals surface area (Å²) in [6.45, 7) is 2.17. The van der Waals surface area contributed by atoms with E-state index in [9.17, 15) is 0 Å². The van der Waals surface area contributed by atoms with Gasteiger partial charge in [0.25, 0.3) is 11.9 Å². The van der Waals surface area contributed by atoms with Gasteiger partial charge in [-0.1, -0.05) is 0 Å². The molecule has 64 valence electrons. The predicted molar refractivity (Wildman–Crippen MR) is 47.3 cm³/mol. The zero-order valence-electron chi connectivity index (χ0n) is 5.21. The summed E-state index contributed by atoms with van der Waals surface area (Å²) < 4.78 is 0. The molecule has 11 heavy (non-hydrogen) atoms. The maximum atomic E-state index is 9.00. The Morgan fingerprint density at radius 1 is 0.909 bits per heavy atom. The first kappa shape index (κ1) is 29.4. The Hall–Kier alpha value is 1.42. The molecule has 0 aliphatic heterocycles. The van der Waals surface area contributed by atoms with Crippen LogP contribution in [0.5, 0.6) is 0 Å². The second-order valence-electron chi connectivity index (χ2n) is 1.04. The van der Waals surface area contributed by atoms with Gasteiger partial charge in [0.1, 0.15) is 0 Å². The van der Waals surface area contributed by atoms with Crippen LogP contribution in [0.1, 0.15) is 13.8 Å². The Morgan fingerprint density at radius 2 is 0.909 bits per heavy atom. The van der Waals surface area contributed by atoms with Gasteiger partial charge in [-0.3, -0.25) is 9.59 Å². The van der Waals surface area contributed by atoms with Gasteiger partial charge in [0.05, 0.1) is 0 Å². The van der Waals surface area contributed by atoms with E-state index in [4.69, 9.17) is 19.8 Å². The van der Waals surface area contributed by atoms with Gasteiger partial charge < -0.3 is 15.7 Å². The molecule has 0 heterocycles. The summed E-state index contributed by atoms with van der Waals surface area (Å²) in [5.41, 5.74) is 0. The van der Waals surface area contributed by atoms with Crippen molar-refractivity contribution < 1.29 is 25.3 Å². The fraction of sp³-hybridized carbons (Fsp3) is 0.500. The van der Waals surface area contributed by atoms with E-state index in [1.165, 1.54) is 0 Å². The number of rotatable bonds is 0. The Morgan fingerprint density at radius 3 is 0.909 bits per heavy atom. The van der Waals surface area contributed by atoms with E-state index in [0.717, 1.165) is 13.8 Å². The van der Waals surface area contributed by atoms with Gasteiger partial charge >= 0.3 is 75.5 Å². The van der Waals surface area contributed by atoms with Gasteiger partial charge in [-0.15, -0.1) is 0 Å². The standard InChI is InChI=1S/2C2H4O2.2Ca.H2O.4H/c2*1-2(3)4;;;;;;;/h2*1H3,(H,3,4);;;1H2;;;;. The second-order valence-corrected chi connectivity index (χ2v) is 1.04. The topological polar surface area (TPSA) is 106 Å². The maximum absolute atomic E-state index is 9.00. The molecule has 5 nitrogen and oxygen atoms in total. The van der Waals surface area contributed by atoms with Gasteiger partial charge in [0, 0.05) is 13.8 Å². The van der Waals surface area contributed by atoms with E-state index in [1.807, 2.05) is 0 Å². The molecule has 0 amide bonds. The van der Waals surface area contributed by atoms with E-state index in [-0.39, 0.29) is 81.0 Å². The molecular weight excluding hydrogens is 208 g/mol. The molecule has 0 fully saturated rings. The Bertz CT molecular complexity index is 74.5. The quantitative estimate of drug-likeness (QED) is 0.443. The molecule has 0 aromatic heterocycles. The SMILES string of the molecule is CC(=O)O.CC(=O)O.O.[CaH2].[CaH2]. The third kappa shape index (κ3) is 503. The first-order valence-electron chi connectivity index (χ1n) is 1.86. The Labute approximate surface area is 124 Å². The number of carbonyl (C=O) groups is 2. The van der Waals surface area contributed by atoms with Crippen LogP contribution in [0.15, 0.2) is 0 Å². The van der Waals surface area contributed by atoms with Crippen LogP contribution >= 0.6 is 0 Å². The normalized spacial score (nSPS) is 4.55. The second kappa shape index (κ2) is 22.5. The van der Waals surface area contributed by atoms with Crippen molar-refractivity contribution in [3.63, 3.8) is 0 Å². The summed E-state index contributed by atoms with van der Waals surface area (Å²) in [7, 11) is 0. The summed E-state index contributed by atoms with van der Waals surface area (Å²) in [6, 6.07) is 0. The monoisotopic (exact) mass is 222 g/mol. The van der Waals surface area contributed by atoms with E-state index in [1.54, 1.807) is 0 Å². The molecule has 0 aromatic carbocycles. The van der Waals surface area contributed by atoms with Crippen LogP contribution in [0.2, 0.25) is 0 Å². The van der Waals surface area contributed by atoms with Crippen molar-refractivity contribution in [1.82, 2.24) is 0 Å². The van der Waals surface area contributed by atoms with Gasteiger partial charge in [0.2, 0.25) is 0 Å². The number of carboxylic acid groups (broad SMARTS) is 2. The number of hydrogen-bond donors (Lipinski definition) is 2. The van der Waals surface area contributed by atoms with Crippen LogP contribution in [0, 0.1) is 0 Å². The van der Waals surface area contributed by atoms with Crippen LogP contribution in [-0.2, 0) is 9.59 Å². The zero-order valence-corrected chi connectivity index (χ0v) is 5.21. The van der Waals surface area contributed by atoms with Crippen molar-refractivity contribution in [3.8, 4) is 0 Å². The van der Waals surface area contributed by atoms with E-state index in [2.05, 4.69) is 0 Å². The molecule has 0 saturated carbocycles. The Balaban J connectivity index is -0.0000000171. The minimum atomic E-state index is -0.833. The summed E-state index contributed by atoms with van der Waals surface area (Å²) in [6.07, 6.45) is 0. The first-order chi connectivity index (χ1) is 3.46. The molecule has 0 aromatic rings. The third-order valence-electron chi connectivity index (χ3n) is 0. The van der Waals surface area contributed by atoms with Crippen LogP contribution in [-0.4, -0.2) is 103 Å². The van der Waals surface area contributed by atoms with Crippen LogP contribution in [0.25, 0.3) is 0 Å². The third-order valence-corrected chi connectivity index (χ3v) is 0. The van der Waals surface area contributed by atoms with Gasteiger partial charge in [-0.05, 0) is 0 Å². The Kier molecular flexibility index (Phi) is 60.2. The van der Waals surface area contributed by atoms with E-state index < -0.39 is 11.9 Å². The molecule has 7 heteroatoms. The van der Waals surface area contributed by atoms with Crippen LogP contribution in [0.4, 0.5) is 0 Å². The average Bonchev–Trinajstić information content (AvgIpc) is 1.25. The molecule has 0 rings (SSSR count). The number of hydrogen-bond acceptors (Lipinski definition) is 2. The summed E-state index contributed by atoms with van der Waals surface area (Å²) in [5, 5.41) is 14.8. The zero-order chi connectivity index (χ0) is 7.15. The number of aliphatic carboxylic acids is 2. The van der Waals surface area contributed by atoms with Crippen molar-refractivity contribution in [1.29, 1.82) is 0 Å². The van der Waals surface area contributed by atoms with Crippen molar-refractivity contribution in [3.05, 3.63) is 0 Å². The molecule has 0 spiro atoms. The molecule has 0 aliphatic carbocycles. The summed E-state index contributed by atoms with van der Waals surface area (Å²) >= 11 is 0. The molecular formula is C4H14Ca2O5. The van der Waals surface area contributed by atoms with Crippen LogP contribution < -0.4 is 0 Å². The molecule has 0 atom stereocenters. The fourth-order valence-corrected chi connectivity index (χ4v) is 0. The van der Waals surface area contributed by atoms with Crippen molar-refractivity contribution in [2.45, 2.75) is 13.8 Å². The molecule has 0 unspecified atom stereocenters. The van der Waals surface area contributed by atoms with Gasteiger partial charge in [-0.25, -0.2) is 0 Å². The van der Waals surface area contributed by atoms with E-state index in [0.29, 0.717) is 0 Å². The number of carboxylic acids is 2. The molecule has 0 bridgehead atoms. The van der Waals surface area contributed by atoms with Crippen molar-refractivity contribution >= 4 is 87.4 Å². The molecule has 0 aliphatic rings. The molecule has 4 N–H and O–H groups in total. The summed E-state index contributed by atoms with van der Waals surface area (Å²) in [4.78, 5) is 18.0. The minimum absolute atomic E-state index is 0. The van der Waals surface area contributed by atoms with Crippen molar-refractivity contribution in [2.75, 3.05) is 0 Å². The average molecular weight is 222 g/mol. The van der Waals surface area contributed by atoms with Gasteiger partial charge in [0.15, 0.2) is 0 Å². The van der Waals surface area contributed by atoms with Crippen LogP contribution in [0.3, 0.4) is 0 Å². The molecule has 0 saturated heterocycles. The first-order valence-corrected chi connectivity index (χ1v) is 1.86. The van der Waals surface area contributed by atoms with E-state index >= 15 is 0 Å². The van der Waals surface area contributed by atoms with Gasteiger partial charge in [-0.2, -0.15) is 0 Å². The predicted octanol–water partition coefficient (Wildman–Crippen LogP) is -2.48. The summed E-state index contributed by atoms with van der Waals surface area (Å²) in [5.74, 6) is -1.67. The fourth-order valence-electron chi connectivity index (χ4n) is 0. The molecule has 0 radical (unpaired) electrons.